The summed E-state index contributed by atoms with van der Waals surface area (Å²) in [5.74, 6) is 1.96. The van der Waals surface area contributed by atoms with Gasteiger partial charge in [0.15, 0.2) is 0 Å². The fourth-order valence-corrected chi connectivity index (χ4v) is 3.82. The minimum atomic E-state index is -0.702. The Hall–Kier alpha value is -3.37. The van der Waals surface area contributed by atoms with Gasteiger partial charge in [-0.15, -0.1) is 0 Å². The van der Waals surface area contributed by atoms with Crippen LogP contribution >= 0.6 is 0 Å². The van der Waals surface area contributed by atoms with Crippen molar-refractivity contribution in [3.05, 3.63) is 96.1 Å². The number of hydrogen-bond acceptors (Lipinski definition) is 4. The molecule has 0 fully saturated rings. The third-order valence-corrected chi connectivity index (χ3v) is 5.31. The molecule has 29 heavy (non-hydrogen) atoms. The molecule has 0 saturated carbocycles. The number of pyridine rings is 1. The second kappa shape index (κ2) is 7.57. The molecule has 4 nitrogen and oxygen atoms in total. The molecule has 1 aromatic heterocycles. The van der Waals surface area contributed by atoms with E-state index >= 15 is 0 Å². The van der Waals surface area contributed by atoms with Gasteiger partial charge in [0.25, 0.3) is 0 Å². The molecule has 4 heteroatoms. The van der Waals surface area contributed by atoms with Crippen LogP contribution in [0, 0.1) is 0 Å². The largest absolute Gasteiger partial charge is 0.487 e. The molecule has 4 aromatic rings. The van der Waals surface area contributed by atoms with E-state index < -0.39 is 6.10 Å². The summed E-state index contributed by atoms with van der Waals surface area (Å²) < 4.78 is 12.0. The second-order valence-electron chi connectivity index (χ2n) is 7.26. The van der Waals surface area contributed by atoms with Crippen molar-refractivity contribution < 1.29 is 14.6 Å². The smallest absolute Gasteiger partial charge is 0.219 e. The van der Waals surface area contributed by atoms with Gasteiger partial charge < -0.3 is 14.6 Å². The highest BCUT2D eigenvalue weighted by molar-refractivity contribution is 5.78. The lowest BCUT2D eigenvalue weighted by Gasteiger charge is -2.30. The van der Waals surface area contributed by atoms with Gasteiger partial charge in [0, 0.05) is 11.5 Å². The Morgan fingerprint density at radius 3 is 2.55 bits per heavy atom. The maximum Gasteiger partial charge on any atom is 0.219 e. The number of nitrogens with zero attached hydrogens (tertiary/aromatic N) is 1. The van der Waals surface area contributed by atoms with Crippen LogP contribution in [0.1, 0.15) is 23.7 Å². The Kier molecular flexibility index (Phi) is 4.62. The first-order valence-electron chi connectivity index (χ1n) is 9.82. The highest BCUT2D eigenvalue weighted by Crippen LogP contribution is 2.35. The number of aromatic nitrogens is 1. The van der Waals surface area contributed by atoms with E-state index in [-0.39, 0.29) is 6.10 Å². The van der Waals surface area contributed by atoms with E-state index in [0.29, 0.717) is 11.6 Å². The van der Waals surface area contributed by atoms with Gasteiger partial charge in [-0.05, 0) is 60.4 Å². The summed E-state index contributed by atoms with van der Waals surface area (Å²) in [5.41, 5.74) is 2.87. The van der Waals surface area contributed by atoms with Gasteiger partial charge in [-0.1, -0.05) is 42.5 Å². The first kappa shape index (κ1) is 17.7. The summed E-state index contributed by atoms with van der Waals surface area (Å²) >= 11 is 0. The fourth-order valence-electron chi connectivity index (χ4n) is 3.82. The van der Waals surface area contributed by atoms with Crippen LogP contribution in [0.25, 0.3) is 10.9 Å². The zero-order valence-corrected chi connectivity index (χ0v) is 15.9. The van der Waals surface area contributed by atoms with E-state index in [2.05, 4.69) is 4.98 Å². The van der Waals surface area contributed by atoms with Crippen LogP contribution < -0.4 is 9.47 Å². The predicted molar refractivity (Wildman–Crippen MR) is 112 cm³/mol. The van der Waals surface area contributed by atoms with Gasteiger partial charge in [0.1, 0.15) is 23.7 Å². The summed E-state index contributed by atoms with van der Waals surface area (Å²) in [6.07, 6.45) is 0.652. The maximum absolute atomic E-state index is 10.9. The van der Waals surface area contributed by atoms with Gasteiger partial charge in [0.2, 0.25) is 5.88 Å². The lowest BCUT2D eigenvalue weighted by atomic mass is 9.87. The number of benzene rings is 3. The maximum atomic E-state index is 10.9. The number of aliphatic hydroxyl groups is 1. The monoisotopic (exact) mass is 383 g/mol. The van der Waals surface area contributed by atoms with Crippen molar-refractivity contribution in [3.63, 3.8) is 0 Å². The average Bonchev–Trinajstić information content (AvgIpc) is 2.77. The molecule has 1 aliphatic rings. The van der Waals surface area contributed by atoms with E-state index in [9.17, 15) is 5.11 Å². The quantitative estimate of drug-likeness (QED) is 0.509. The number of para-hydroxylation sites is 2. The minimum absolute atomic E-state index is 0.279. The SMILES string of the molecule is O[C@H]1c2cc(Oc3ccc4ccccc4n3)ccc2CC[C@H]1Oc1ccccc1. The number of fused-ring (bicyclic) bond motifs is 2. The van der Waals surface area contributed by atoms with Crippen LogP contribution in [-0.4, -0.2) is 16.2 Å². The topological polar surface area (TPSA) is 51.6 Å². The van der Waals surface area contributed by atoms with E-state index in [4.69, 9.17) is 9.47 Å². The standard InChI is InChI=1S/C25H21NO3/c27-25-21-16-20(29-24-15-12-18-6-4-5-9-22(18)26-24)13-10-17(21)11-14-23(25)28-19-7-2-1-3-8-19/h1-10,12-13,15-16,23,25,27H,11,14H2/t23-,25+/m1/s1. The zero-order chi connectivity index (χ0) is 19.6. The normalized spacial score (nSPS) is 18.2. The number of aliphatic hydroxyl groups excluding tert-OH is 1. The van der Waals surface area contributed by atoms with Crippen LogP contribution in [0.4, 0.5) is 0 Å². The number of hydrogen-bond donors (Lipinski definition) is 1. The van der Waals surface area contributed by atoms with Gasteiger partial charge in [-0.25, -0.2) is 4.98 Å². The molecule has 1 heterocycles. The summed E-state index contributed by atoms with van der Waals surface area (Å²) in [6.45, 7) is 0. The van der Waals surface area contributed by atoms with E-state index in [1.807, 2.05) is 84.9 Å². The number of ether oxygens (including phenoxy) is 2. The molecular formula is C25H21NO3. The Morgan fingerprint density at radius 2 is 1.66 bits per heavy atom. The predicted octanol–water partition coefficient (Wildman–Crippen LogP) is 5.45. The molecular weight excluding hydrogens is 362 g/mol. The molecule has 0 spiro atoms. The average molecular weight is 383 g/mol. The van der Waals surface area contributed by atoms with Gasteiger partial charge in [0.05, 0.1) is 5.52 Å². The first-order chi connectivity index (χ1) is 14.3. The third kappa shape index (κ3) is 3.67. The van der Waals surface area contributed by atoms with E-state index in [0.717, 1.165) is 40.6 Å². The van der Waals surface area contributed by atoms with Gasteiger partial charge in [-0.3, -0.25) is 0 Å². The summed E-state index contributed by atoms with van der Waals surface area (Å²) in [5, 5.41) is 12.0. The van der Waals surface area contributed by atoms with E-state index in [1.54, 1.807) is 0 Å². The van der Waals surface area contributed by atoms with Crippen molar-refractivity contribution in [2.75, 3.05) is 0 Å². The molecule has 1 aliphatic carbocycles. The molecule has 2 atom stereocenters. The van der Waals surface area contributed by atoms with Crippen LogP contribution in [0.5, 0.6) is 17.4 Å². The van der Waals surface area contributed by atoms with Crippen molar-refractivity contribution in [1.29, 1.82) is 0 Å². The zero-order valence-electron chi connectivity index (χ0n) is 15.9. The van der Waals surface area contributed by atoms with Crippen LogP contribution in [0.2, 0.25) is 0 Å². The molecule has 5 rings (SSSR count). The Bertz CT molecular complexity index is 1140. The molecule has 0 radical (unpaired) electrons. The molecule has 3 aromatic carbocycles. The third-order valence-electron chi connectivity index (χ3n) is 5.31. The fraction of sp³-hybridized carbons (Fsp3) is 0.160. The molecule has 0 saturated heterocycles. The molecule has 144 valence electrons. The number of rotatable bonds is 4. The molecule has 0 amide bonds. The molecule has 0 aliphatic heterocycles. The lowest BCUT2D eigenvalue weighted by molar-refractivity contribution is 0.0229. The van der Waals surface area contributed by atoms with Gasteiger partial charge >= 0.3 is 0 Å². The van der Waals surface area contributed by atoms with E-state index in [1.165, 1.54) is 0 Å². The van der Waals surface area contributed by atoms with Crippen molar-refractivity contribution in [2.45, 2.75) is 25.0 Å². The molecule has 1 N–H and O–H groups in total. The van der Waals surface area contributed by atoms with Crippen molar-refractivity contribution in [2.24, 2.45) is 0 Å². The van der Waals surface area contributed by atoms with Crippen molar-refractivity contribution in [3.8, 4) is 17.4 Å². The Labute approximate surface area is 169 Å². The highest BCUT2D eigenvalue weighted by Gasteiger charge is 2.30. The van der Waals surface area contributed by atoms with Crippen LogP contribution in [0.15, 0.2) is 84.9 Å². The van der Waals surface area contributed by atoms with Crippen LogP contribution in [-0.2, 0) is 6.42 Å². The second-order valence-corrected chi connectivity index (χ2v) is 7.26. The summed E-state index contributed by atoms with van der Waals surface area (Å²) in [6, 6.07) is 27.3. The summed E-state index contributed by atoms with van der Waals surface area (Å²) in [4.78, 5) is 4.56. The number of aryl methyl sites for hydroxylation is 1. The van der Waals surface area contributed by atoms with Crippen molar-refractivity contribution in [1.82, 2.24) is 4.98 Å². The van der Waals surface area contributed by atoms with Gasteiger partial charge in [-0.2, -0.15) is 0 Å². The first-order valence-corrected chi connectivity index (χ1v) is 9.82. The minimum Gasteiger partial charge on any atom is -0.487 e. The Balaban J connectivity index is 1.38. The Morgan fingerprint density at radius 1 is 0.828 bits per heavy atom. The molecule has 0 unspecified atom stereocenters. The summed E-state index contributed by atoms with van der Waals surface area (Å²) in [7, 11) is 0. The van der Waals surface area contributed by atoms with Crippen LogP contribution in [0.3, 0.4) is 0 Å². The molecule has 0 bridgehead atoms. The van der Waals surface area contributed by atoms with Crippen molar-refractivity contribution >= 4 is 10.9 Å². The highest BCUT2D eigenvalue weighted by atomic mass is 16.5. The lowest BCUT2D eigenvalue weighted by Crippen LogP contribution is -2.30.